The van der Waals surface area contributed by atoms with Crippen LogP contribution < -0.4 is 10.6 Å². The van der Waals surface area contributed by atoms with Crippen molar-refractivity contribution < 1.29 is 24.6 Å². The van der Waals surface area contributed by atoms with Crippen LogP contribution in [0.3, 0.4) is 0 Å². The Morgan fingerprint density at radius 3 is 1.68 bits per heavy atom. The van der Waals surface area contributed by atoms with Crippen molar-refractivity contribution in [2.45, 2.75) is 149 Å². The number of aliphatic hydroxyl groups is 1. The Labute approximate surface area is 228 Å². The first kappa shape index (κ1) is 39.4. The highest BCUT2D eigenvalue weighted by atomic mass is 16.4. The molecule has 0 aromatic heterocycles. The fraction of sp³-hybridized carbons (Fsp3) is 0.833. The molecule has 0 aliphatic rings. The van der Waals surface area contributed by atoms with Crippen molar-refractivity contribution in [3.05, 3.63) is 0 Å². The average Bonchev–Trinajstić information content (AvgIpc) is 2.86. The molecule has 0 aliphatic heterocycles. The maximum atomic E-state index is 11.1. The summed E-state index contributed by atoms with van der Waals surface area (Å²) in [7, 11) is 0. The summed E-state index contributed by atoms with van der Waals surface area (Å²) in [5.74, 6) is 4.92. The Kier molecular flexibility index (Phi) is 38.5. The van der Waals surface area contributed by atoms with E-state index in [1.807, 2.05) is 13.8 Å². The van der Waals surface area contributed by atoms with E-state index < -0.39 is 12.1 Å². The largest absolute Gasteiger partial charge is 0.481 e. The maximum absolute atomic E-state index is 11.1. The number of carboxylic acids is 1. The highest BCUT2D eigenvalue weighted by Gasteiger charge is 2.02. The van der Waals surface area contributed by atoms with Gasteiger partial charge in [0.2, 0.25) is 12.3 Å². The van der Waals surface area contributed by atoms with Crippen LogP contribution in [-0.2, 0) is 14.4 Å². The summed E-state index contributed by atoms with van der Waals surface area (Å²) in [5.41, 5.74) is 0. The molecule has 0 heterocycles. The van der Waals surface area contributed by atoms with Crippen molar-refractivity contribution in [3.8, 4) is 11.8 Å². The van der Waals surface area contributed by atoms with Crippen LogP contribution in [0, 0.1) is 11.8 Å². The number of nitrogens with one attached hydrogen (secondary N) is 2. The molecule has 0 bridgehead atoms. The van der Waals surface area contributed by atoms with Crippen LogP contribution in [-0.4, -0.2) is 47.7 Å². The van der Waals surface area contributed by atoms with Crippen molar-refractivity contribution in [3.63, 3.8) is 0 Å². The molecule has 0 rings (SSSR count). The van der Waals surface area contributed by atoms with Crippen molar-refractivity contribution in [2.75, 3.05) is 13.1 Å². The zero-order chi connectivity index (χ0) is 28.4. The minimum atomic E-state index is -0.655. The molecule has 0 fully saturated rings. The molecule has 1 unspecified atom stereocenters. The smallest absolute Gasteiger partial charge is 0.303 e. The van der Waals surface area contributed by atoms with E-state index in [9.17, 15) is 14.4 Å². The summed E-state index contributed by atoms with van der Waals surface area (Å²) >= 11 is 0. The molecular formula is C30H58N2O5. The number of carboxylic acid groups (broad SMARTS) is 1. The predicted octanol–water partition coefficient (Wildman–Crippen LogP) is 6.37. The minimum Gasteiger partial charge on any atom is -0.481 e. The SMILES string of the molecule is CC#CCC.CC(O)CNC(=O)CCCCNC=O.CCCCCCCCCCCCCCCC(=O)O. The van der Waals surface area contributed by atoms with Gasteiger partial charge in [0.15, 0.2) is 0 Å². The fourth-order valence-corrected chi connectivity index (χ4v) is 3.39. The van der Waals surface area contributed by atoms with E-state index in [4.69, 9.17) is 10.2 Å². The van der Waals surface area contributed by atoms with Crippen LogP contribution in [0.5, 0.6) is 0 Å². The summed E-state index contributed by atoms with van der Waals surface area (Å²) in [6, 6.07) is 0. The first-order chi connectivity index (χ1) is 17.8. The second kappa shape index (κ2) is 36.1. The third-order valence-corrected chi connectivity index (χ3v) is 5.50. The summed E-state index contributed by atoms with van der Waals surface area (Å²) in [4.78, 5) is 31.2. The molecule has 7 heteroatoms. The fourth-order valence-electron chi connectivity index (χ4n) is 3.39. The number of rotatable bonds is 22. The number of aliphatic hydroxyl groups excluding tert-OH is 1. The second-order valence-electron chi connectivity index (χ2n) is 9.35. The van der Waals surface area contributed by atoms with Crippen molar-refractivity contribution in [1.29, 1.82) is 0 Å². The molecule has 37 heavy (non-hydrogen) atoms. The first-order valence-corrected chi connectivity index (χ1v) is 14.6. The van der Waals surface area contributed by atoms with Gasteiger partial charge in [0, 0.05) is 32.4 Å². The van der Waals surface area contributed by atoms with E-state index in [2.05, 4.69) is 29.4 Å². The average molecular weight is 527 g/mol. The van der Waals surface area contributed by atoms with E-state index >= 15 is 0 Å². The van der Waals surface area contributed by atoms with Gasteiger partial charge >= 0.3 is 5.97 Å². The summed E-state index contributed by atoms with van der Waals surface area (Å²) in [5, 5.41) is 22.5. The molecule has 0 aromatic rings. The number of amides is 2. The predicted molar refractivity (Wildman–Crippen MR) is 154 cm³/mol. The number of unbranched alkanes of at least 4 members (excludes halogenated alkanes) is 13. The third-order valence-electron chi connectivity index (χ3n) is 5.50. The van der Waals surface area contributed by atoms with Gasteiger partial charge in [-0.2, -0.15) is 0 Å². The van der Waals surface area contributed by atoms with Crippen LogP contribution in [0.4, 0.5) is 0 Å². The normalized spacial score (nSPS) is 10.4. The van der Waals surface area contributed by atoms with Crippen LogP contribution in [0.1, 0.15) is 143 Å². The molecular weight excluding hydrogens is 468 g/mol. The van der Waals surface area contributed by atoms with E-state index in [0.717, 1.165) is 32.1 Å². The highest BCUT2D eigenvalue weighted by molar-refractivity contribution is 5.75. The number of aliphatic carboxylic acids is 1. The topological polar surface area (TPSA) is 116 Å². The van der Waals surface area contributed by atoms with Crippen molar-refractivity contribution in [1.82, 2.24) is 10.6 Å². The lowest BCUT2D eigenvalue weighted by Gasteiger charge is -2.06. The van der Waals surface area contributed by atoms with E-state index in [0.29, 0.717) is 32.3 Å². The van der Waals surface area contributed by atoms with E-state index in [-0.39, 0.29) is 5.91 Å². The molecule has 218 valence electrons. The Hall–Kier alpha value is -2.07. The molecule has 2 amide bonds. The summed E-state index contributed by atoms with van der Waals surface area (Å²) in [6.07, 6.45) is 20.4. The van der Waals surface area contributed by atoms with Gasteiger partial charge in [0.1, 0.15) is 0 Å². The molecule has 7 nitrogen and oxygen atoms in total. The zero-order valence-electron chi connectivity index (χ0n) is 24.4. The van der Waals surface area contributed by atoms with Crippen LogP contribution in [0.25, 0.3) is 0 Å². The summed E-state index contributed by atoms with van der Waals surface area (Å²) < 4.78 is 0. The molecule has 1 atom stereocenters. The second-order valence-corrected chi connectivity index (χ2v) is 9.35. The monoisotopic (exact) mass is 526 g/mol. The molecule has 0 saturated heterocycles. The van der Waals surface area contributed by atoms with Gasteiger partial charge in [-0.05, 0) is 33.1 Å². The van der Waals surface area contributed by atoms with Gasteiger partial charge in [-0.15, -0.1) is 11.8 Å². The lowest BCUT2D eigenvalue weighted by atomic mass is 10.0. The Morgan fingerprint density at radius 1 is 0.811 bits per heavy atom. The maximum Gasteiger partial charge on any atom is 0.303 e. The molecule has 0 saturated carbocycles. The standard InChI is InChI=1S/C16H32O2.C9H18N2O3.C5H8/c1-2-3-4-5-6-7-8-9-10-11-12-13-14-15-16(17)18;1-8(13)6-11-9(14)4-2-3-5-10-7-12;1-3-5-4-2/h2-15H2,1H3,(H,17,18);7-8,13H,2-6H2,1H3,(H,10,12)(H,11,14);3H2,1-2H3. The number of carbonyl (C=O) groups is 3. The number of hydrogen-bond acceptors (Lipinski definition) is 4. The number of hydrogen-bond donors (Lipinski definition) is 4. The van der Waals surface area contributed by atoms with Crippen LogP contribution in [0.15, 0.2) is 0 Å². The zero-order valence-corrected chi connectivity index (χ0v) is 24.4. The summed E-state index contributed by atoms with van der Waals surface area (Å²) in [6.45, 7) is 8.67. The van der Waals surface area contributed by atoms with Crippen molar-refractivity contribution >= 4 is 18.3 Å². The highest BCUT2D eigenvalue weighted by Crippen LogP contribution is 2.12. The number of carbonyl (C=O) groups excluding carboxylic acids is 2. The quantitative estimate of drug-likeness (QED) is 0.0743. The van der Waals surface area contributed by atoms with Crippen LogP contribution in [0.2, 0.25) is 0 Å². The molecule has 4 N–H and O–H groups in total. The molecule has 0 spiro atoms. The minimum absolute atomic E-state index is 0.0583. The van der Waals surface area contributed by atoms with E-state index in [1.165, 1.54) is 70.6 Å². The lowest BCUT2D eigenvalue weighted by molar-refractivity contribution is -0.137. The van der Waals surface area contributed by atoms with Gasteiger partial charge in [0.25, 0.3) is 0 Å². The molecule has 0 radical (unpaired) electrons. The third kappa shape index (κ3) is 47.7. The first-order valence-electron chi connectivity index (χ1n) is 14.6. The Balaban J connectivity index is -0.000000539. The lowest BCUT2D eigenvalue weighted by Crippen LogP contribution is -2.30. The van der Waals surface area contributed by atoms with Gasteiger partial charge < -0.3 is 20.8 Å². The van der Waals surface area contributed by atoms with Gasteiger partial charge in [-0.1, -0.05) is 90.9 Å². The van der Waals surface area contributed by atoms with Gasteiger partial charge in [-0.3, -0.25) is 14.4 Å². The Morgan fingerprint density at radius 2 is 1.30 bits per heavy atom. The van der Waals surface area contributed by atoms with Crippen LogP contribution >= 0.6 is 0 Å². The van der Waals surface area contributed by atoms with E-state index in [1.54, 1.807) is 6.92 Å². The molecule has 0 aromatic carbocycles. The Bertz CT molecular complexity index is 556. The van der Waals surface area contributed by atoms with Gasteiger partial charge in [-0.25, -0.2) is 0 Å². The van der Waals surface area contributed by atoms with Gasteiger partial charge in [0.05, 0.1) is 6.10 Å². The molecule has 0 aliphatic carbocycles. The van der Waals surface area contributed by atoms with Crippen molar-refractivity contribution in [2.24, 2.45) is 0 Å².